The number of hydrogen-bond donors (Lipinski definition) is 1. The van der Waals surface area contributed by atoms with Crippen molar-refractivity contribution in [2.45, 2.75) is 32.6 Å². The molecule has 3 rings (SSSR count). The SMILES string of the molecule is CCNC(=NCCC1=CCOCC1)N1CCC(C(=O)N2CCOCC2)CC1. The number of carbonyl (C=O) groups excluding carboxylic acids is 1. The number of carbonyl (C=O) groups is 1. The highest BCUT2D eigenvalue weighted by Crippen LogP contribution is 2.20. The monoisotopic (exact) mass is 378 g/mol. The van der Waals surface area contributed by atoms with E-state index in [0.29, 0.717) is 19.1 Å². The molecule has 1 N–H and O–H groups in total. The molecule has 152 valence electrons. The molecule has 1 amide bonds. The van der Waals surface area contributed by atoms with Gasteiger partial charge in [-0.15, -0.1) is 0 Å². The molecule has 7 heteroatoms. The van der Waals surface area contributed by atoms with Gasteiger partial charge in [-0.25, -0.2) is 0 Å². The van der Waals surface area contributed by atoms with Crippen LogP contribution in [0.2, 0.25) is 0 Å². The van der Waals surface area contributed by atoms with Gasteiger partial charge in [-0.1, -0.05) is 11.6 Å². The fourth-order valence-corrected chi connectivity index (χ4v) is 3.90. The minimum atomic E-state index is 0.148. The zero-order valence-electron chi connectivity index (χ0n) is 16.6. The third-order valence-electron chi connectivity index (χ3n) is 5.55. The summed E-state index contributed by atoms with van der Waals surface area (Å²) < 4.78 is 10.7. The minimum Gasteiger partial charge on any atom is -0.378 e. The van der Waals surface area contributed by atoms with Crippen LogP contribution in [-0.4, -0.2) is 87.4 Å². The number of nitrogens with zero attached hydrogens (tertiary/aromatic N) is 3. The zero-order valence-corrected chi connectivity index (χ0v) is 16.6. The van der Waals surface area contributed by atoms with Crippen LogP contribution in [0.4, 0.5) is 0 Å². The third kappa shape index (κ3) is 5.94. The maximum absolute atomic E-state index is 12.7. The first kappa shape index (κ1) is 20.1. The molecule has 7 nitrogen and oxygen atoms in total. The van der Waals surface area contributed by atoms with Gasteiger partial charge in [-0.3, -0.25) is 9.79 Å². The van der Waals surface area contributed by atoms with Crippen molar-refractivity contribution in [3.63, 3.8) is 0 Å². The van der Waals surface area contributed by atoms with Crippen molar-refractivity contribution >= 4 is 11.9 Å². The van der Waals surface area contributed by atoms with Gasteiger partial charge in [-0.05, 0) is 32.6 Å². The first-order valence-electron chi connectivity index (χ1n) is 10.4. The van der Waals surface area contributed by atoms with Crippen LogP contribution in [0.25, 0.3) is 0 Å². The van der Waals surface area contributed by atoms with Crippen LogP contribution in [-0.2, 0) is 14.3 Å². The second-order valence-electron chi connectivity index (χ2n) is 7.37. The number of rotatable bonds is 5. The minimum absolute atomic E-state index is 0.148. The molecule has 0 aromatic rings. The Bertz CT molecular complexity index is 535. The molecule has 0 unspecified atom stereocenters. The molecule has 0 aromatic heterocycles. The standard InChI is InChI=1S/C20H34N4O3/c1-2-21-20(22-8-3-17-6-13-26-14-7-17)24-9-4-18(5-10-24)19(25)23-11-15-27-16-12-23/h6,18H,2-5,7-16H2,1H3,(H,21,22). The van der Waals surface area contributed by atoms with Gasteiger partial charge in [0.15, 0.2) is 5.96 Å². The van der Waals surface area contributed by atoms with Crippen LogP contribution in [0.1, 0.15) is 32.6 Å². The molecular weight excluding hydrogens is 344 g/mol. The van der Waals surface area contributed by atoms with Crippen LogP contribution < -0.4 is 5.32 Å². The lowest BCUT2D eigenvalue weighted by Gasteiger charge is -2.36. The fourth-order valence-electron chi connectivity index (χ4n) is 3.90. The molecule has 0 atom stereocenters. The number of morpholine rings is 1. The van der Waals surface area contributed by atoms with Crippen molar-refractivity contribution < 1.29 is 14.3 Å². The number of guanidine groups is 1. The summed E-state index contributed by atoms with van der Waals surface area (Å²) >= 11 is 0. The van der Waals surface area contributed by atoms with E-state index < -0.39 is 0 Å². The van der Waals surface area contributed by atoms with Gasteiger partial charge in [0.25, 0.3) is 0 Å². The molecule has 3 heterocycles. The quantitative estimate of drug-likeness (QED) is 0.443. The number of ether oxygens (including phenoxy) is 2. The molecule has 2 fully saturated rings. The zero-order chi connectivity index (χ0) is 18.9. The van der Waals surface area contributed by atoms with E-state index in [4.69, 9.17) is 14.5 Å². The Balaban J connectivity index is 1.47. The van der Waals surface area contributed by atoms with Gasteiger partial charge in [0.2, 0.25) is 5.91 Å². The maximum Gasteiger partial charge on any atom is 0.225 e. The maximum atomic E-state index is 12.7. The highest BCUT2D eigenvalue weighted by atomic mass is 16.5. The average molecular weight is 379 g/mol. The average Bonchev–Trinajstić information content (AvgIpc) is 2.74. The number of nitrogens with one attached hydrogen (secondary N) is 1. The Morgan fingerprint density at radius 2 is 1.93 bits per heavy atom. The molecule has 0 aromatic carbocycles. The highest BCUT2D eigenvalue weighted by molar-refractivity contribution is 5.82. The lowest BCUT2D eigenvalue weighted by molar-refractivity contribution is -0.140. The fraction of sp³-hybridized carbons (Fsp3) is 0.800. The van der Waals surface area contributed by atoms with Crippen LogP contribution in [0.15, 0.2) is 16.6 Å². The van der Waals surface area contributed by atoms with Crippen LogP contribution >= 0.6 is 0 Å². The Kier molecular flexibility index (Phi) is 7.95. The summed E-state index contributed by atoms with van der Waals surface area (Å²) in [7, 11) is 0. The Morgan fingerprint density at radius 3 is 2.59 bits per heavy atom. The molecular formula is C20H34N4O3. The van der Waals surface area contributed by atoms with Gasteiger partial charge >= 0.3 is 0 Å². The Hall–Kier alpha value is -1.60. The first-order valence-corrected chi connectivity index (χ1v) is 10.4. The highest BCUT2D eigenvalue weighted by Gasteiger charge is 2.30. The summed E-state index contributed by atoms with van der Waals surface area (Å²) in [6.45, 7) is 9.95. The van der Waals surface area contributed by atoms with Gasteiger partial charge in [0.05, 0.1) is 26.4 Å². The van der Waals surface area contributed by atoms with Crippen LogP contribution in [0, 0.1) is 5.92 Å². The summed E-state index contributed by atoms with van der Waals surface area (Å²) in [5.74, 6) is 1.45. The molecule has 0 bridgehead atoms. The molecule has 3 aliphatic heterocycles. The lowest BCUT2D eigenvalue weighted by Crippen LogP contribution is -2.50. The summed E-state index contributed by atoms with van der Waals surface area (Å²) in [5, 5.41) is 3.42. The number of hydrogen-bond acceptors (Lipinski definition) is 4. The predicted molar refractivity (Wildman–Crippen MR) is 106 cm³/mol. The Labute approximate surface area is 162 Å². The van der Waals surface area contributed by atoms with Gasteiger partial charge in [-0.2, -0.15) is 0 Å². The number of amides is 1. The normalized spacial score (nSPS) is 22.6. The van der Waals surface area contributed by atoms with Crippen molar-refractivity contribution in [3.8, 4) is 0 Å². The number of piperidine rings is 1. The van der Waals surface area contributed by atoms with E-state index in [1.807, 2.05) is 4.90 Å². The number of aliphatic imine (C=N–C) groups is 1. The molecule has 0 spiro atoms. The predicted octanol–water partition coefficient (Wildman–Crippen LogP) is 1.26. The van der Waals surface area contributed by atoms with E-state index >= 15 is 0 Å². The van der Waals surface area contributed by atoms with Gasteiger partial charge in [0.1, 0.15) is 0 Å². The van der Waals surface area contributed by atoms with E-state index in [0.717, 1.165) is 84.1 Å². The van der Waals surface area contributed by atoms with Crippen molar-refractivity contribution in [2.75, 3.05) is 65.7 Å². The summed E-state index contributed by atoms with van der Waals surface area (Å²) in [6.07, 6.45) is 6.03. The second kappa shape index (κ2) is 10.7. The Morgan fingerprint density at radius 1 is 1.15 bits per heavy atom. The molecule has 0 saturated carbocycles. The summed E-state index contributed by atoms with van der Waals surface area (Å²) in [4.78, 5) is 21.8. The molecule has 0 radical (unpaired) electrons. The van der Waals surface area contributed by atoms with Crippen molar-refractivity contribution in [2.24, 2.45) is 10.9 Å². The van der Waals surface area contributed by atoms with E-state index in [2.05, 4.69) is 23.2 Å². The lowest BCUT2D eigenvalue weighted by atomic mass is 9.95. The summed E-state index contributed by atoms with van der Waals surface area (Å²) in [5.41, 5.74) is 1.45. The largest absolute Gasteiger partial charge is 0.378 e. The van der Waals surface area contributed by atoms with E-state index in [9.17, 15) is 4.79 Å². The van der Waals surface area contributed by atoms with Crippen molar-refractivity contribution in [3.05, 3.63) is 11.6 Å². The van der Waals surface area contributed by atoms with Gasteiger partial charge < -0.3 is 24.6 Å². The van der Waals surface area contributed by atoms with E-state index in [-0.39, 0.29) is 5.92 Å². The van der Waals surface area contributed by atoms with Crippen molar-refractivity contribution in [1.82, 2.24) is 15.1 Å². The molecule has 27 heavy (non-hydrogen) atoms. The second-order valence-corrected chi connectivity index (χ2v) is 7.37. The topological polar surface area (TPSA) is 66.4 Å². The molecule has 0 aliphatic carbocycles. The third-order valence-corrected chi connectivity index (χ3v) is 5.55. The first-order chi connectivity index (χ1) is 13.3. The number of likely N-dealkylation sites (tertiary alicyclic amines) is 1. The van der Waals surface area contributed by atoms with E-state index in [1.165, 1.54) is 5.57 Å². The van der Waals surface area contributed by atoms with Crippen molar-refractivity contribution in [1.29, 1.82) is 0 Å². The van der Waals surface area contributed by atoms with Crippen LogP contribution in [0.5, 0.6) is 0 Å². The van der Waals surface area contributed by atoms with Crippen LogP contribution in [0.3, 0.4) is 0 Å². The van der Waals surface area contributed by atoms with E-state index in [1.54, 1.807) is 0 Å². The van der Waals surface area contributed by atoms with Gasteiger partial charge in [0, 0.05) is 45.2 Å². The summed E-state index contributed by atoms with van der Waals surface area (Å²) in [6, 6.07) is 0. The molecule has 2 saturated heterocycles. The molecule has 3 aliphatic rings. The smallest absolute Gasteiger partial charge is 0.225 e.